The van der Waals surface area contributed by atoms with Crippen molar-refractivity contribution in [2.24, 2.45) is 0 Å². The largest absolute Gasteiger partial charge is 0.489 e. The van der Waals surface area contributed by atoms with Gasteiger partial charge < -0.3 is 15.0 Å². The van der Waals surface area contributed by atoms with Crippen LogP contribution in [0.3, 0.4) is 0 Å². The molecule has 0 amide bonds. The van der Waals surface area contributed by atoms with Gasteiger partial charge in [0.15, 0.2) is 0 Å². The number of ether oxygens (including phenoxy) is 1. The van der Waals surface area contributed by atoms with Crippen molar-refractivity contribution in [3.8, 4) is 5.75 Å². The molecule has 0 bridgehead atoms. The van der Waals surface area contributed by atoms with Gasteiger partial charge in [0.1, 0.15) is 11.9 Å². The van der Waals surface area contributed by atoms with Crippen LogP contribution < -0.4 is 10.1 Å². The Labute approximate surface area is 109 Å². The van der Waals surface area contributed by atoms with Crippen LogP contribution in [0.1, 0.15) is 6.92 Å². The molecule has 0 fully saturated rings. The lowest BCUT2D eigenvalue weighted by Gasteiger charge is -2.22. The highest BCUT2D eigenvalue weighted by Crippen LogP contribution is 2.18. The summed E-state index contributed by atoms with van der Waals surface area (Å²) in [6, 6.07) is 7.51. The Kier molecular flexibility index (Phi) is 6.34. The molecular weight excluding hydrogens is 236 g/mol. The molecule has 0 saturated heterocycles. The molecule has 1 N–H and O–H groups in total. The highest BCUT2D eigenvalue weighted by atomic mass is 35.5. The fourth-order valence-electron chi connectivity index (χ4n) is 1.64. The van der Waals surface area contributed by atoms with Gasteiger partial charge in [-0.2, -0.15) is 0 Å². The van der Waals surface area contributed by atoms with Gasteiger partial charge in [-0.1, -0.05) is 17.7 Å². The van der Waals surface area contributed by atoms with E-state index in [0.29, 0.717) is 5.02 Å². The molecule has 0 aliphatic rings. The first-order chi connectivity index (χ1) is 8.11. The Morgan fingerprint density at radius 1 is 1.47 bits per heavy atom. The lowest BCUT2D eigenvalue weighted by molar-refractivity contribution is 0.163. The maximum Gasteiger partial charge on any atom is 0.121 e. The summed E-state index contributed by atoms with van der Waals surface area (Å²) in [4.78, 5) is 2.24. The van der Waals surface area contributed by atoms with E-state index in [4.69, 9.17) is 16.3 Å². The third-order valence-corrected chi connectivity index (χ3v) is 2.68. The number of nitrogens with zero attached hydrogens (tertiary/aromatic N) is 1. The molecule has 17 heavy (non-hydrogen) atoms. The first-order valence-electron chi connectivity index (χ1n) is 5.87. The summed E-state index contributed by atoms with van der Waals surface area (Å²) in [5.41, 5.74) is 0. The summed E-state index contributed by atoms with van der Waals surface area (Å²) < 4.78 is 5.80. The van der Waals surface area contributed by atoms with Gasteiger partial charge in [0, 0.05) is 24.7 Å². The van der Waals surface area contributed by atoms with E-state index in [-0.39, 0.29) is 6.10 Å². The van der Waals surface area contributed by atoms with Crippen molar-refractivity contribution >= 4 is 11.6 Å². The average molecular weight is 257 g/mol. The van der Waals surface area contributed by atoms with E-state index in [1.807, 2.05) is 31.3 Å². The monoisotopic (exact) mass is 256 g/mol. The minimum atomic E-state index is 0.148. The van der Waals surface area contributed by atoms with Gasteiger partial charge >= 0.3 is 0 Å². The predicted molar refractivity (Wildman–Crippen MR) is 73.0 cm³/mol. The minimum absolute atomic E-state index is 0.148. The zero-order valence-corrected chi connectivity index (χ0v) is 11.5. The van der Waals surface area contributed by atoms with Crippen LogP contribution in [0.25, 0.3) is 0 Å². The Morgan fingerprint density at radius 2 is 2.24 bits per heavy atom. The molecule has 0 saturated carbocycles. The van der Waals surface area contributed by atoms with E-state index in [1.54, 1.807) is 0 Å². The van der Waals surface area contributed by atoms with Crippen molar-refractivity contribution < 1.29 is 4.74 Å². The van der Waals surface area contributed by atoms with Crippen molar-refractivity contribution in [2.45, 2.75) is 13.0 Å². The summed E-state index contributed by atoms with van der Waals surface area (Å²) >= 11 is 5.90. The fraction of sp³-hybridized carbons (Fsp3) is 0.538. The first kappa shape index (κ1) is 14.3. The van der Waals surface area contributed by atoms with Crippen molar-refractivity contribution in [2.75, 3.05) is 33.7 Å². The third-order valence-electron chi connectivity index (χ3n) is 2.45. The summed E-state index contributed by atoms with van der Waals surface area (Å²) in [6.45, 7) is 4.96. The molecule has 0 radical (unpaired) electrons. The molecule has 0 spiro atoms. The second-order valence-corrected chi connectivity index (χ2v) is 4.69. The van der Waals surface area contributed by atoms with Gasteiger partial charge in [-0.25, -0.2) is 0 Å². The molecule has 1 unspecified atom stereocenters. The van der Waals surface area contributed by atoms with Crippen LogP contribution in [0.2, 0.25) is 5.02 Å². The van der Waals surface area contributed by atoms with Crippen LogP contribution in [0, 0.1) is 0 Å². The second-order valence-electron chi connectivity index (χ2n) is 4.25. The van der Waals surface area contributed by atoms with E-state index in [1.165, 1.54) is 0 Å². The van der Waals surface area contributed by atoms with Gasteiger partial charge in [0.25, 0.3) is 0 Å². The molecule has 96 valence electrons. The molecule has 1 aromatic rings. The van der Waals surface area contributed by atoms with Crippen LogP contribution in [0.15, 0.2) is 24.3 Å². The van der Waals surface area contributed by atoms with Gasteiger partial charge in [-0.15, -0.1) is 0 Å². The van der Waals surface area contributed by atoms with E-state index in [0.717, 1.165) is 25.4 Å². The quantitative estimate of drug-likeness (QED) is 0.810. The van der Waals surface area contributed by atoms with Crippen molar-refractivity contribution in [1.82, 2.24) is 10.2 Å². The maximum absolute atomic E-state index is 5.90. The fourth-order valence-corrected chi connectivity index (χ4v) is 1.82. The van der Waals surface area contributed by atoms with Crippen molar-refractivity contribution in [3.05, 3.63) is 29.3 Å². The van der Waals surface area contributed by atoms with Gasteiger partial charge in [-0.3, -0.25) is 0 Å². The normalized spacial score (nSPS) is 12.8. The van der Waals surface area contributed by atoms with Crippen LogP contribution in [-0.4, -0.2) is 44.7 Å². The number of halogens is 1. The standard InChI is InChI=1S/C13H21ClN2O/c1-11(10-16(3)8-7-15-2)17-13-6-4-5-12(14)9-13/h4-6,9,11,15H,7-8,10H2,1-3H3. The van der Waals surface area contributed by atoms with E-state index in [2.05, 4.69) is 24.2 Å². The van der Waals surface area contributed by atoms with E-state index >= 15 is 0 Å². The molecule has 1 aromatic carbocycles. The lowest BCUT2D eigenvalue weighted by Crippen LogP contribution is -2.35. The van der Waals surface area contributed by atoms with Crippen molar-refractivity contribution in [1.29, 1.82) is 0 Å². The molecule has 1 rings (SSSR count). The second kappa shape index (κ2) is 7.54. The van der Waals surface area contributed by atoms with Crippen molar-refractivity contribution in [3.63, 3.8) is 0 Å². The predicted octanol–water partition coefficient (Wildman–Crippen LogP) is 2.26. The number of rotatable bonds is 7. The smallest absolute Gasteiger partial charge is 0.121 e. The molecule has 0 aliphatic carbocycles. The van der Waals surface area contributed by atoms with Gasteiger partial charge in [0.05, 0.1) is 0 Å². The Morgan fingerprint density at radius 3 is 2.88 bits per heavy atom. The maximum atomic E-state index is 5.90. The van der Waals surface area contributed by atoms with Gasteiger partial charge in [-0.05, 0) is 39.2 Å². The number of likely N-dealkylation sites (N-methyl/N-ethyl adjacent to an activating group) is 2. The Balaban J connectivity index is 2.36. The summed E-state index contributed by atoms with van der Waals surface area (Å²) in [5, 5.41) is 3.84. The minimum Gasteiger partial charge on any atom is -0.489 e. The average Bonchev–Trinajstić information content (AvgIpc) is 2.26. The van der Waals surface area contributed by atoms with Crippen LogP contribution in [0.5, 0.6) is 5.75 Å². The van der Waals surface area contributed by atoms with Gasteiger partial charge in [0.2, 0.25) is 0 Å². The zero-order chi connectivity index (χ0) is 12.7. The molecular formula is C13H21ClN2O. The van der Waals surface area contributed by atoms with Crippen LogP contribution in [-0.2, 0) is 0 Å². The Hall–Kier alpha value is -0.770. The van der Waals surface area contributed by atoms with Crippen LogP contribution in [0.4, 0.5) is 0 Å². The molecule has 0 heterocycles. The first-order valence-corrected chi connectivity index (χ1v) is 6.25. The SMILES string of the molecule is CNCCN(C)CC(C)Oc1cccc(Cl)c1. The molecule has 0 aliphatic heterocycles. The molecule has 3 nitrogen and oxygen atoms in total. The molecule has 4 heteroatoms. The summed E-state index contributed by atoms with van der Waals surface area (Å²) in [5.74, 6) is 0.826. The zero-order valence-electron chi connectivity index (χ0n) is 10.7. The van der Waals surface area contributed by atoms with E-state index < -0.39 is 0 Å². The number of hydrogen-bond acceptors (Lipinski definition) is 3. The highest BCUT2D eigenvalue weighted by Gasteiger charge is 2.07. The number of benzene rings is 1. The highest BCUT2D eigenvalue weighted by molar-refractivity contribution is 6.30. The number of nitrogens with one attached hydrogen (secondary N) is 1. The van der Waals surface area contributed by atoms with Crippen LogP contribution >= 0.6 is 11.6 Å². The topological polar surface area (TPSA) is 24.5 Å². The summed E-state index contributed by atoms with van der Waals surface area (Å²) in [6.07, 6.45) is 0.148. The Bertz CT molecular complexity index is 333. The van der Waals surface area contributed by atoms with E-state index in [9.17, 15) is 0 Å². The molecule has 0 aromatic heterocycles. The molecule has 1 atom stereocenters. The third kappa shape index (κ3) is 5.91. The number of hydrogen-bond donors (Lipinski definition) is 1. The lowest BCUT2D eigenvalue weighted by atomic mass is 10.3. The summed E-state index contributed by atoms with van der Waals surface area (Å²) in [7, 11) is 4.05.